The largest absolute Gasteiger partial charge is 0.454 e. The molecule has 2 aromatic carbocycles. The molecule has 1 aromatic heterocycles. The van der Waals surface area contributed by atoms with Crippen molar-refractivity contribution in [1.29, 1.82) is 0 Å². The number of carbonyl (C=O) groups excluding carboxylic acids is 1. The molecule has 1 atom stereocenters. The lowest BCUT2D eigenvalue weighted by Gasteiger charge is -2.18. The summed E-state index contributed by atoms with van der Waals surface area (Å²) in [6.07, 6.45) is 4.53. The molecule has 0 radical (unpaired) electrons. The van der Waals surface area contributed by atoms with Crippen molar-refractivity contribution in [2.24, 2.45) is 0 Å². The first kappa shape index (κ1) is 22.1. The molecule has 0 saturated heterocycles. The summed E-state index contributed by atoms with van der Waals surface area (Å²) in [7, 11) is 0. The van der Waals surface area contributed by atoms with Gasteiger partial charge in [0.25, 0.3) is 0 Å². The molecular formula is C24H25ClN4O3S. The van der Waals surface area contributed by atoms with Gasteiger partial charge in [-0.25, -0.2) is 0 Å². The summed E-state index contributed by atoms with van der Waals surface area (Å²) < 4.78 is 13.0. The van der Waals surface area contributed by atoms with Crippen LogP contribution in [0.1, 0.15) is 50.3 Å². The molecule has 1 fully saturated rings. The van der Waals surface area contributed by atoms with Crippen LogP contribution in [0.2, 0.25) is 5.02 Å². The molecule has 3 aromatic rings. The average Bonchev–Trinajstić information content (AvgIpc) is 3.57. The fraction of sp³-hybridized carbons (Fsp3) is 0.375. The number of hydrogen-bond acceptors (Lipinski definition) is 6. The quantitative estimate of drug-likeness (QED) is 0.451. The molecule has 172 valence electrons. The second-order valence-electron chi connectivity index (χ2n) is 8.28. The molecule has 0 spiro atoms. The van der Waals surface area contributed by atoms with Crippen molar-refractivity contribution < 1.29 is 14.3 Å². The van der Waals surface area contributed by atoms with E-state index in [2.05, 4.69) is 20.1 Å². The van der Waals surface area contributed by atoms with Gasteiger partial charge >= 0.3 is 0 Å². The third-order valence-electron chi connectivity index (χ3n) is 6.08. The summed E-state index contributed by atoms with van der Waals surface area (Å²) in [6, 6.07) is 13.6. The van der Waals surface area contributed by atoms with E-state index < -0.39 is 0 Å². The highest BCUT2D eigenvalue weighted by Gasteiger charge is 2.26. The smallest absolute Gasteiger partial charge is 0.231 e. The standard InChI is InChI=1S/C24H25ClN4O3S/c1-15(16-10-11-20-21(12-16)32-14-31-20)26-22(30)13-33-24-28-27-23(18-8-4-5-9-19(18)25)29(24)17-6-2-3-7-17/h4-5,8-12,15,17H,2-3,6-7,13-14H2,1H3,(H,26,30). The third kappa shape index (κ3) is 4.68. The Morgan fingerprint density at radius 1 is 1.18 bits per heavy atom. The van der Waals surface area contributed by atoms with E-state index in [1.165, 1.54) is 24.6 Å². The number of nitrogens with one attached hydrogen (secondary N) is 1. The minimum Gasteiger partial charge on any atom is -0.454 e. The lowest BCUT2D eigenvalue weighted by atomic mass is 10.1. The van der Waals surface area contributed by atoms with Crippen LogP contribution in [0.4, 0.5) is 0 Å². The van der Waals surface area contributed by atoms with Gasteiger partial charge in [-0.2, -0.15) is 0 Å². The van der Waals surface area contributed by atoms with Crippen molar-refractivity contribution in [1.82, 2.24) is 20.1 Å². The van der Waals surface area contributed by atoms with Crippen LogP contribution in [0.25, 0.3) is 11.4 Å². The Bertz CT molecular complexity index is 1160. The predicted molar refractivity (Wildman–Crippen MR) is 128 cm³/mol. The zero-order valence-electron chi connectivity index (χ0n) is 18.3. The van der Waals surface area contributed by atoms with Gasteiger partial charge in [-0.15, -0.1) is 10.2 Å². The van der Waals surface area contributed by atoms with Crippen LogP contribution in [0.15, 0.2) is 47.6 Å². The maximum absolute atomic E-state index is 12.7. The van der Waals surface area contributed by atoms with Gasteiger partial charge in [0, 0.05) is 11.6 Å². The lowest BCUT2D eigenvalue weighted by Crippen LogP contribution is -2.28. The summed E-state index contributed by atoms with van der Waals surface area (Å²) in [4.78, 5) is 12.7. The Morgan fingerprint density at radius 3 is 2.79 bits per heavy atom. The van der Waals surface area contributed by atoms with Gasteiger partial charge in [0.1, 0.15) is 0 Å². The molecule has 7 nitrogen and oxygen atoms in total. The minimum absolute atomic E-state index is 0.0644. The molecular weight excluding hydrogens is 460 g/mol. The number of thioether (sulfide) groups is 1. The minimum atomic E-state index is -0.154. The lowest BCUT2D eigenvalue weighted by molar-refractivity contribution is -0.119. The first-order valence-corrected chi connectivity index (χ1v) is 12.5. The van der Waals surface area contributed by atoms with E-state index in [1.54, 1.807) is 0 Å². The predicted octanol–water partition coefficient (Wildman–Crippen LogP) is 5.41. The van der Waals surface area contributed by atoms with Gasteiger partial charge < -0.3 is 14.8 Å². The molecule has 5 rings (SSSR count). The zero-order valence-corrected chi connectivity index (χ0v) is 19.9. The zero-order chi connectivity index (χ0) is 22.8. The van der Waals surface area contributed by atoms with E-state index in [0.29, 0.717) is 16.8 Å². The SMILES string of the molecule is CC(NC(=O)CSc1nnc(-c2ccccc2Cl)n1C1CCCC1)c1ccc2c(c1)OCO2. The van der Waals surface area contributed by atoms with E-state index in [-0.39, 0.29) is 24.5 Å². The number of aromatic nitrogens is 3. The van der Waals surface area contributed by atoms with E-state index in [1.807, 2.05) is 49.4 Å². The van der Waals surface area contributed by atoms with Crippen LogP contribution in [-0.2, 0) is 4.79 Å². The highest BCUT2D eigenvalue weighted by atomic mass is 35.5. The second-order valence-corrected chi connectivity index (χ2v) is 9.63. The van der Waals surface area contributed by atoms with Crippen LogP contribution < -0.4 is 14.8 Å². The first-order valence-electron chi connectivity index (χ1n) is 11.1. The second kappa shape index (κ2) is 9.65. The molecule has 1 amide bonds. The van der Waals surface area contributed by atoms with E-state index in [0.717, 1.165) is 40.7 Å². The molecule has 9 heteroatoms. The van der Waals surface area contributed by atoms with Crippen LogP contribution in [0.3, 0.4) is 0 Å². The number of fused-ring (bicyclic) bond motifs is 1. The molecule has 1 N–H and O–H groups in total. The summed E-state index contributed by atoms with van der Waals surface area (Å²) in [5.74, 6) is 2.39. The first-order chi connectivity index (χ1) is 16.1. The Labute approximate surface area is 201 Å². The number of amides is 1. The molecule has 1 saturated carbocycles. The van der Waals surface area contributed by atoms with E-state index in [4.69, 9.17) is 21.1 Å². The van der Waals surface area contributed by atoms with Crippen molar-refractivity contribution in [2.75, 3.05) is 12.5 Å². The van der Waals surface area contributed by atoms with Crippen LogP contribution in [0.5, 0.6) is 11.5 Å². The van der Waals surface area contributed by atoms with Gasteiger partial charge in [0.05, 0.1) is 16.8 Å². The number of halogens is 1. The third-order valence-corrected chi connectivity index (χ3v) is 7.35. The van der Waals surface area contributed by atoms with E-state index in [9.17, 15) is 4.79 Å². The molecule has 33 heavy (non-hydrogen) atoms. The number of nitrogens with zero attached hydrogens (tertiary/aromatic N) is 3. The molecule has 1 aliphatic carbocycles. The van der Waals surface area contributed by atoms with Crippen LogP contribution in [-0.4, -0.2) is 33.2 Å². The number of ether oxygens (including phenoxy) is 2. The molecule has 1 unspecified atom stereocenters. The van der Waals surface area contributed by atoms with Gasteiger partial charge in [-0.1, -0.05) is 54.4 Å². The number of benzene rings is 2. The maximum atomic E-state index is 12.7. The van der Waals surface area contributed by atoms with Crippen molar-refractivity contribution in [3.63, 3.8) is 0 Å². The normalized spacial score (nSPS) is 16.2. The highest BCUT2D eigenvalue weighted by Crippen LogP contribution is 2.38. The van der Waals surface area contributed by atoms with Gasteiger partial charge in [-0.05, 0) is 49.6 Å². The molecule has 2 heterocycles. The number of rotatable bonds is 7. The summed E-state index contributed by atoms with van der Waals surface area (Å²) in [6.45, 7) is 2.19. The van der Waals surface area contributed by atoms with Crippen molar-refractivity contribution in [3.8, 4) is 22.9 Å². The highest BCUT2D eigenvalue weighted by molar-refractivity contribution is 7.99. The molecule has 1 aliphatic heterocycles. The number of carbonyl (C=O) groups is 1. The van der Waals surface area contributed by atoms with Crippen molar-refractivity contribution in [2.45, 2.75) is 49.8 Å². The fourth-order valence-electron chi connectivity index (χ4n) is 4.37. The topological polar surface area (TPSA) is 78.3 Å². The molecule has 0 bridgehead atoms. The average molecular weight is 485 g/mol. The Balaban J connectivity index is 1.29. The number of hydrogen-bond donors (Lipinski definition) is 1. The van der Waals surface area contributed by atoms with Gasteiger partial charge in [0.2, 0.25) is 12.7 Å². The van der Waals surface area contributed by atoms with Crippen molar-refractivity contribution >= 4 is 29.3 Å². The van der Waals surface area contributed by atoms with Crippen LogP contribution in [0, 0.1) is 0 Å². The van der Waals surface area contributed by atoms with Crippen molar-refractivity contribution in [3.05, 3.63) is 53.1 Å². The van der Waals surface area contributed by atoms with Gasteiger partial charge in [0.15, 0.2) is 22.5 Å². The maximum Gasteiger partial charge on any atom is 0.231 e. The molecule has 2 aliphatic rings. The van der Waals surface area contributed by atoms with Gasteiger partial charge in [-0.3, -0.25) is 9.36 Å². The fourth-order valence-corrected chi connectivity index (χ4v) is 5.41. The van der Waals surface area contributed by atoms with Crippen LogP contribution >= 0.6 is 23.4 Å². The Hall–Kier alpha value is -2.71. The monoisotopic (exact) mass is 484 g/mol. The Kier molecular flexibility index (Phi) is 6.46. The summed E-state index contributed by atoms with van der Waals surface area (Å²) in [5, 5.41) is 13.4. The summed E-state index contributed by atoms with van der Waals surface area (Å²) >= 11 is 7.87. The Morgan fingerprint density at radius 2 is 1.97 bits per heavy atom. The van der Waals surface area contributed by atoms with E-state index >= 15 is 0 Å². The summed E-state index contributed by atoms with van der Waals surface area (Å²) in [5.41, 5.74) is 1.83.